The third-order valence-electron chi connectivity index (χ3n) is 8.40. The molecule has 5 aromatic carbocycles. The Hall–Kier alpha value is -5.20. The number of amides is 1. The first-order chi connectivity index (χ1) is 22.8. The van der Waals surface area contributed by atoms with Gasteiger partial charge in [0.1, 0.15) is 12.4 Å². The summed E-state index contributed by atoms with van der Waals surface area (Å²) in [6, 6.07) is 41.6. The van der Waals surface area contributed by atoms with Crippen LogP contribution in [0.15, 0.2) is 127 Å². The van der Waals surface area contributed by atoms with Crippen molar-refractivity contribution in [2.24, 2.45) is 0 Å². The van der Waals surface area contributed by atoms with E-state index in [2.05, 4.69) is 24.1 Å². The number of ether oxygens (including phenoxy) is 1. The summed E-state index contributed by atoms with van der Waals surface area (Å²) in [5, 5.41) is 14.0. The summed E-state index contributed by atoms with van der Waals surface area (Å²) in [7, 11) is 0. The van der Waals surface area contributed by atoms with Crippen molar-refractivity contribution in [3.05, 3.63) is 161 Å². The van der Waals surface area contributed by atoms with Crippen molar-refractivity contribution < 1.29 is 19.4 Å². The number of aromatic carboxylic acids is 1. The molecule has 0 aliphatic rings. The first kappa shape index (κ1) is 33.2. The molecule has 0 bridgehead atoms. The van der Waals surface area contributed by atoms with Crippen molar-refractivity contribution in [3.63, 3.8) is 0 Å². The van der Waals surface area contributed by atoms with Gasteiger partial charge in [-0.3, -0.25) is 9.80 Å². The van der Waals surface area contributed by atoms with Crippen molar-refractivity contribution in [1.29, 1.82) is 0 Å². The highest BCUT2D eigenvalue weighted by Crippen LogP contribution is 2.30. The zero-order valence-corrected chi connectivity index (χ0v) is 27.3. The van der Waals surface area contributed by atoms with Gasteiger partial charge in [0.2, 0.25) is 5.91 Å². The lowest BCUT2D eigenvalue weighted by molar-refractivity contribution is -0.152. The highest BCUT2D eigenvalue weighted by Gasteiger charge is 2.25. The molecule has 47 heavy (non-hydrogen) atoms. The van der Waals surface area contributed by atoms with Crippen LogP contribution in [-0.2, 0) is 24.5 Å². The first-order valence-electron chi connectivity index (χ1n) is 16.1. The van der Waals surface area contributed by atoms with E-state index in [1.165, 1.54) is 0 Å². The maximum absolute atomic E-state index is 13.6. The van der Waals surface area contributed by atoms with Crippen molar-refractivity contribution in [2.45, 2.75) is 52.8 Å². The predicted octanol–water partition coefficient (Wildman–Crippen LogP) is 8.90. The van der Waals surface area contributed by atoms with Crippen LogP contribution in [0.5, 0.6) is 5.75 Å². The Morgan fingerprint density at radius 2 is 1.34 bits per heavy atom. The van der Waals surface area contributed by atoms with Crippen molar-refractivity contribution >= 4 is 11.9 Å². The van der Waals surface area contributed by atoms with Gasteiger partial charge >= 0.3 is 5.97 Å². The Morgan fingerprint density at radius 1 is 0.723 bits per heavy atom. The third kappa shape index (κ3) is 8.75. The van der Waals surface area contributed by atoms with Gasteiger partial charge in [-0.1, -0.05) is 117 Å². The predicted molar refractivity (Wildman–Crippen MR) is 187 cm³/mol. The molecular weight excluding hydrogens is 584 g/mol. The van der Waals surface area contributed by atoms with Crippen LogP contribution in [0.3, 0.4) is 0 Å². The number of hydrogen-bond donors (Lipinski definition) is 1. The maximum Gasteiger partial charge on any atom is 0.336 e. The summed E-state index contributed by atoms with van der Waals surface area (Å²) in [4.78, 5) is 25.9. The number of aryl methyl sites for hydroxylation is 1. The molecule has 1 N–H and O–H groups in total. The number of carboxylic acids is 1. The van der Waals surface area contributed by atoms with Crippen LogP contribution >= 0.6 is 0 Å². The van der Waals surface area contributed by atoms with Crippen molar-refractivity contribution in [2.75, 3.05) is 6.54 Å². The minimum atomic E-state index is -0.972. The van der Waals surface area contributed by atoms with Crippen LogP contribution in [0, 0.1) is 6.92 Å². The van der Waals surface area contributed by atoms with E-state index in [0.29, 0.717) is 38.2 Å². The molecule has 240 valence electrons. The van der Waals surface area contributed by atoms with E-state index in [0.717, 1.165) is 39.1 Å². The molecule has 1 amide bonds. The van der Waals surface area contributed by atoms with Crippen LogP contribution in [0.25, 0.3) is 11.1 Å². The first-order valence-corrected chi connectivity index (χ1v) is 16.1. The number of carbonyl (C=O) groups excluding carboxylic acids is 1. The van der Waals surface area contributed by atoms with Crippen LogP contribution in [0.2, 0.25) is 0 Å². The summed E-state index contributed by atoms with van der Waals surface area (Å²) in [6.07, 6.45) is 0.358. The quantitative estimate of drug-likeness (QED) is 0.125. The normalized spacial score (nSPS) is 11.7. The van der Waals surface area contributed by atoms with E-state index in [1.54, 1.807) is 6.07 Å². The highest BCUT2D eigenvalue weighted by atomic mass is 16.5. The maximum atomic E-state index is 13.6. The molecule has 1 atom stereocenters. The fourth-order valence-corrected chi connectivity index (χ4v) is 5.76. The number of hydrogen-bond acceptors (Lipinski definition) is 4. The van der Waals surface area contributed by atoms with Crippen LogP contribution in [-0.4, -0.2) is 33.5 Å². The SMILES string of the molecule is CCC(=O)N(CC(C)c1ccccc1)N(Cc1ccc(OCc2ccccc2)cc1)Cc1ccc(C(=O)O)c(-c2ccccc2C)c1. The number of rotatable bonds is 14. The van der Waals surface area contributed by atoms with E-state index in [-0.39, 0.29) is 17.4 Å². The van der Waals surface area contributed by atoms with Crippen molar-refractivity contribution in [1.82, 2.24) is 10.0 Å². The monoisotopic (exact) mass is 626 g/mol. The smallest absolute Gasteiger partial charge is 0.336 e. The fraction of sp³-hybridized carbons (Fsp3) is 0.220. The van der Waals surface area contributed by atoms with Gasteiger partial charge < -0.3 is 9.84 Å². The average molecular weight is 627 g/mol. The van der Waals surface area contributed by atoms with Gasteiger partial charge in [0.05, 0.1) is 5.56 Å². The van der Waals surface area contributed by atoms with Crippen LogP contribution in [0.4, 0.5) is 0 Å². The average Bonchev–Trinajstić information content (AvgIpc) is 3.10. The zero-order valence-electron chi connectivity index (χ0n) is 27.3. The summed E-state index contributed by atoms with van der Waals surface area (Å²) in [5.41, 5.74) is 6.99. The number of benzene rings is 5. The molecule has 5 aromatic rings. The lowest BCUT2D eigenvalue weighted by atomic mass is 9.94. The molecule has 1 unspecified atom stereocenters. The van der Waals surface area contributed by atoms with Gasteiger partial charge in [-0.25, -0.2) is 9.80 Å². The van der Waals surface area contributed by atoms with Crippen molar-refractivity contribution in [3.8, 4) is 16.9 Å². The largest absolute Gasteiger partial charge is 0.489 e. The number of carbonyl (C=O) groups is 2. The van der Waals surface area contributed by atoms with E-state index >= 15 is 0 Å². The Bertz CT molecular complexity index is 1770. The minimum Gasteiger partial charge on any atom is -0.489 e. The number of hydrazine groups is 1. The minimum absolute atomic E-state index is 0.0249. The Labute approximate surface area is 277 Å². The van der Waals surface area contributed by atoms with Gasteiger partial charge in [0, 0.05) is 32.0 Å². The van der Waals surface area contributed by atoms with E-state index in [1.807, 2.05) is 128 Å². The van der Waals surface area contributed by atoms with Gasteiger partial charge in [-0.15, -0.1) is 0 Å². The van der Waals surface area contributed by atoms with Gasteiger partial charge in [0.15, 0.2) is 0 Å². The second-order valence-electron chi connectivity index (χ2n) is 11.9. The molecule has 0 aliphatic carbocycles. The number of nitrogens with zero attached hydrogens (tertiary/aromatic N) is 2. The van der Waals surface area contributed by atoms with Gasteiger partial charge in [-0.2, -0.15) is 0 Å². The summed E-state index contributed by atoms with van der Waals surface area (Å²) < 4.78 is 6.02. The van der Waals surface area contributed by atoms with Gasteiger partial charge in [0.25, 0.3) is 0 Å². The van der Waals surface area contributed by atoms with E-state index in [4.69, 9.17) is 4.74 Å². The second-order valence-corrected chi connectivity index (χ2v) is 11.9. The zero-order chi connectivity index (χ0) is 33.2. The molecule has 0 fully saturated rings. The number of carboxylic acid groups (broad SMARTS) is 1. The van der Waals surface area contributed by atoms with Crippen LogP contribution < -0.4 is 4.74 Å². The molecule has 0 aliphatic heterocycles. The van der Waals surface area contributed by atoms with Gasteiger partial charge in [-0.05, 0) is 70.1 Å². The lowest BCUT2D eigenvalue weighted by Crippen LogP contribution is -2.47. The molecule has 0 aromatic heterocycles. The highest BCUT2D eigenvalue weighted by molar-refractivity contribution is 5.96. The van der Waals surface area contributed by atoms with Crippen LogP contribution in [0.1, 0.15) is 64.4 Å². The molecule has 0 saturated carbocycles. The molecule has 0 heterocycles. The summed E-state index contributed by atoms with van der Waals surface area (Å²) >= 11 is 0. The standard InChI is InChI=1S/C41H42N2O4/c1-4-40(44)43(26-31(3)35-16-9-6-10-17-35)42(27-32-19-22-36(23-20-32)47-29-33-14-7-5-8-15-33)28-34-21-24-38(41(45)46)39(25-34)37-18-12-11-13-30(37)2/h5-25,31H,4,26-29H2,1-3H3,(H,45,46). The molecule has 0 spiro atoms. The molecule has 6 nitrogen and oxygen atoms in total. The molecular formula is C41H42N2O4. The molecule has 6 heteroatoms. The summed E-state index contributed by atoms with van der Waals surface area (Å²) in [5.74, 6) is -0.0760. The Morgan fingerprint density at radius 3 is 2.00 bits per heavy atom. The lowest BCUT2D eigenvalue weighted by Gasteiger charge is -2.37. The summed E-state index contributed by atoms with van der Waals surface area (Å²) in [6.45, 7) is 7.90. The van der Waals surface area contributed by atoms with E-state index < -0.39 is 5.97 Å². The third-order valence-corrected chi connectivity index (χ3v) is 8.40. The second kappa shape index (κ2) is 15.9. The molecule has 0 saturated heterocycles. The fourth-order valence-electron chi connectivity index (χ4n) is 5.76. The van der Waals surface area contributed by atoms with E-state index in [9.17, 15) is 14.7 Å². The topological polar surface area (TPSA) is 70.1 Å². The Balaban J connectivity index is 1.46. The molecule has 5 rings (SSSR count). The Kier molecular flexibility index (Phi) is 11.2. The molecule has 0 radical (unpaired) electrons.